The molecule has 1 aliphatic rings. The molecule has 5 heteroatoms. The van der Waals surface area contributed by atoms with Gasteiger partial charge in [0.1, 0.15) is 0 Å². The molecule has 0 aliphatic carbocycles. The summed E-state index contributed by atoms with van der Waals surface area (Å²) < 4.78 is 24.1. The summed E-state index contributed by atoms with van der Waals surface area (Å²) in [5.74, 6) is 2.78. The molecule has 2 aromatic carbocycles. The Kier molecular flexibility index (Phi) is 4.34. The molecular formula is C19H22NO4+. The SMILES string of the molecule is COc1cc(/C=[N+]2/COc3c(C)cc(C)cc32)cc(OC)c1OC. The van der Waals surface area contributed by atoms with Crippen molar-refractivity contribution in [1.82, 2.24) is 0 Å². The van der Waals surface area contributed by atoms with E-state index in [0.29, 0.717) is 24.0 Å². The second kappa shape index (κ2) is 6.43. The second-order valence-electron chi connectivity index (χ2n) is 5.76. The van der Waals surface area contributed by atoms with Gasteiger partial charge >= 0.3 is 0 Å². The van der Waals surface area contributed by atoms with Crippen molar-refractivity contribution < 1.29 is 23.5 Å². The Morgan fingerprint density at radius 3 is 2.21 bits per heavy atom. The molecule has 0 saturated heterocycles. The minimum absolute atomic E-state index is 0.482. The van der Waals surface area contributed by atoms with Crippen molar-refractivity contribution >= 4 is 11.9 Å². The highest BCUT2D eigenvalue weighted by Gasteiger charge is 2.27. The minimum Gasteiger partial charge on any atom is -0.493 e. The number of hydrogen-bond acceptors (Lipinski definition) is 4. The monoisotopic (exact) mass is 328 g/mol. The van der Waals surface area contributed by atoms with Crippen molar-refractivity contribution in [2.24, 2.45) is 0 Å². The van der Waals surface area contributed by atoms with Gasteiger partial charge in [-0.3, -0.25) is 0 Å². The molecule has 0 unspecified atom stereocenters. The average molecular weight is 328 g/mol. The van der Waals surface area contributed by atoms with Crippen LogP contribution in [0.25, 0.3) is 0 Å². The smallest absolute Gasteiger partial charge is 0.293 e. The standard InChI is InChI=1S/C19H22NO4/c1-12-6-13(2)18-15(7-12)20(11-24-18)10-14-8-16(21-3)19(23-5)17(9-14)22-4/h6-10H,11H2,1-5H3/q+1/b20-10-. The van der Waals surface area contributed by atoms with E-state index in [-0.39, 0.29) is 0 Å². The maximum absolute atomic E-state index is 5.83. The van der Waals surface area contributed by atoms with Gasteiger partial charge in [0.05, 0.1) is 21.3 Å². The fourth-order valence-corrected chi connectivity index (χ4v) is 3.00. The molecule has 0 aromatic heterocycles. The molecule has 0 atom stereocenters. The molecule has 3 rings (SSSR count). The molecule has 0 N–H and O–H groups in total. The Hall–Kier alpha value is -2.69. The van der Waals surface area contributed by atoms with Crippen LogP contribution in [-0.2, 0) is 0 Å². The first kappa shape index (κ1) is 16.2. The van der Waals surface area contributed by atoms with Crippen LogP contribution >= 0.6 is 0 Å². The molecule has 126 valence electrons. The molecule has 2 aromatic rings. The van der Waals surface area contributed by atoms with Gasteiger partial charge in [-0.1, -0.05) is 6.07 Å². The Morgan fingerprint density at radius 1 is 0.958 bits per heavy atom. The summed E-state index contributed by atoms with van der Waals surface area (Å²) >= 11 is 0. The van der Waals surface area contributed by atoms with Gasteiger partial charge in [-0.15, -0.1) is 0 Å². The second-order valence-corrected chi connectivity index (χ2v) is 5.76. The van der Waals surface area contributed by atoms with E-state index in [4.69, 9.17) is 18.9 Å². The summed E-state index contributed by atoms with van der Waals surface area (Å²) in [6.45, 7) is 4.63. The van der Waals surface area contributed by atoms with Crippen molar-refractivity contribution in [3.8, 4) is 23.0 Å². The fraction of sp³-hybridized carbons (Fsp3) is 0.316. The molecule has 0 amide bonds. The molecule has 0 fully saturated rings. The van der Waals surface area contributed by atoms with E-state index in [1.54, 1.807) is 21.3 Å². The van der Waals surface area contributed by atoms with Crippen LogP contribution in [0.15, 0.2) is 24.3 Å². The predicted octanol–water partition coefficient (Wildman–Crippen LogP) is 3.44. The molecule has 1 heterocycles. The first-order valence-corrected chi connectivity index (χ1v) is 7.73. The van der Waals surface area contributed by atoms with Crippen LogP contribution in [0.1, 0.15) is 16.7 Å². The molecular weight excluding hydrogens is 306 g/mol. The summed E-state index contributed by atoms with van der Waals surface area (Å²) in [6, 6.07) is 8.09. The zero-order valence-electron chi connectivity index (χ0n) is 14.7. The zero-order valence-corrected chi connectivity index (χ0v) is 14.7. The van der Waals surface area contributed by atoms with Crippen LogP contribution < -0.4 is 18.9 Å². The van der Waals surface area contributed by atoms with Crippen molar-refractivity contribution in [3.05, 3.63) is 41.0 Å². The first-order chi connectivity index (χ1) is 11.6. The van der Waals surface area contributed by atoms with Gasteiger partial charge in [0.15, 0.2) is 17.7 Å². The van der Waals surface area contributed by atoms with Crippen LogP contribution in [0, 0.1) is 13.8 Å². The van der Waals surface area contributed by atoms with Gasteiger partial charge in [-0.05, 0) is 37.1 Å². The third kappa shape index (κ3) is 2.77. The Bertz CT molecular complexity index is 786. The lowest BCUT2D eigenvalue weighted by Crippen LogP contribution is -2.07. The number of rotatable bonds is 4. The van der Waals surface area contributed by atoms with Gasteiger partial charge < -0.3 is 18.9 Å². The number of hydrogen-bond donors (Lipinski definition) is 0. The lowest BCUT2D eigenvalue weighted by Gasteiger charge is -2.12. The number of methoxy groups -OCH3 is 3. The van der Waals surface area contributed by atoms with Gasteiger partial charge in [0.25, 0.3) is 12.4 Å². The van der Waals surface area contributed by atoms with E-state index < -0.39 is 0 Å². The number of fused-ring (bicyclic) bond motifs is 1. The highest BCUT2D eigenvalue weighted by molar-refractivity contribution is 5.80. The van der Waals surface area contributed by atoms with Gasteiger partial charge in [0.2, 0.25) is 11.5 Å². The quantitative estimate of drug-likeness (QED) is 0.806. The molecule has 0 radical (unpaired) electrons. The Morgan fingerprint density at radius 2 is 1.62 bits per heavy atom. The topological polar surface area (TPSA) is 39.9 Å². The van der Waals surface area contributed by atoms with Crippen molar-refractivity contribution in [2.45, 2.75) is 13.8 Å². The summed E-state index contributed by atoms with van der Waals surface area (Å²) in [5, 5.41) is 0. The van der Waals surface area contributed by atoms with E-state index in [2.05, 4.69) is 30.6 Å². The summed E-state index contributed by atoms with van der Waals surface area (Å²) in [7, 11) is 4.82. The normalized spacial score (nSPS) is 14.3. The van der Waals surface area contributed by atoms with Gasteiger partial charge in [-0.2, -0.15) is 4.58 Å². The lowest BCUT2D eigenvalue weighted by atomic mass is 10.1. The molecule has 5 nitrogen and oxygen atoms in total. The van der Waals surface area contributed by atoms with Crippen LogP contribution in [0.4, 0.5) is 5.69 Å². The Labute approximate surface area is 142 Å². The maximum atomic E-state index is 5.83. The number of ether oxygens (including phenoxy) is 4. The third-order valence-corrected chi connectivity index (χ3v) is 4.05. The van der Waals surface area contributed by atoms with Crippen molar-refractivity contribution in [1.29, 1.82) is 0 Å². The molecule has 0 saturated carbocycles. The summed E-state index contributed by atoms with van der Waals surface area (Å²) in [5.41, 5.74) is 4.37. The maximum Gasteiger partial charge on any atom is 0.293 e. The van der Waals surface area contributed by atoms with Crippen molar-refractivity contribution in [2.75, 3.05) is 28.1 Å². The number of aryl methyl sites for hydroxylation is 2. The first-order valence-electron chi connectivity index (χ1n) is 7.73. The fourth-order valence-electron chi connectivity index (χ4n) is 3.00. The van der Waals surface area contributed by atoms with E-state index >= 15 is 0 Å². The van der Waals surface area contributed by atoms with Gasteiger partial charge in [-0.25, -0.2) is 0 Å². The highest BCUT2D eigenvalue weighted by Crippen LogP contribution is 2.39. The van der Waals surface area contributed by atoms with E-state index in [1.807, 2.05) is 18.3 Å². The number of benzene rings is 2. The van der Waals surface area contributed by atoms with Gasteiger partial charge in [0, 0.05) is 11.6 Å². The molecule has 1 aliphatic heterocycles. The summed E-state index contributed by atoms with van der Waals surface area (Å²) in [6.07, 6.45) is 2.02. The van der Waals surface area contributed by atoms with Crippen molar-refractivity contribution in [3.63, 3.8) is 0 Å². The third-order valence-electron chi connectivity index (χ3n) is 4.05. The lowest BCUT2D eigenvalue weighted by molar-refractivity contribution is -0.452. The largest absolute Gasteiger partial charge is 0.493 e. The molecule has 24 heavy (non-hydrogen) atoms. The Balaban J connectivity index is 2.08. The summed E-state index contributed by atoms with van der Waals surface area (Å²) in [4.78, 5) is 0. The zero-order chi connectivity index (χ0) is 17.3. The molecule has 0 bridgehead atoms. The molecule has 0 spiro atoms. The highest BCUT2D eigenvalue weighted by atomic mass is 16.5. The van der Waals surface area contributed by atoms with Crippen LogP contribution in [0.2, 0.25) is 0 Å². The predicted molar refractivity (Wildman–Crippen MR) is 92.6 cm³/mol. The van der Waals surface area contributed by atoms with Crippen LogP contribution in [-0.4, -0.2) is 38.9 Å². The minimum atomic E-state index is 0.482. The van der Waals surface area contributed by atoms with Crippen LogP contribution in [0.3, 0.4) is 0 Å². The van der Waals surface area contributed by atoms with Crippen LogP contribution in [0.5, 0.6) is 23.0 Å². The van der Waals surface area contributed by atoms with E-state index in [9.17, 15) is 0 Å². The average Bonchev–Trinajstić information content (AvgIpc) is 2.96. The number of nitrogens with zero attached hydrogens (tertiary/aromatic N) is 1. The van der Waals surface area contributed by atoms with E-state index in [1.165, 1.54) is 5.56 Å². The van der Waals surface area contributed by atoms with E-state index in [0.717, 1.165) is 22.6 Å².